The van der Waals surface area contributed by atoms with Crippen molar-refractivity contribution in [2.75, 3.05) is 26.8 Å². The number of aromatic amines is 1. The molecule has 22 heavy (non-hydrogen) atoms. The van der Waals surface area contributed by atoms with Crippen LogP contribution in [0.1, 0.15) is 23.4 Å². The minimum Gasteiger partial charge on any atom is -0.493 e. The average molecular weight is 301 g/mol. The van der Waals surface area contributed by atoms with Gasteiger partial charge in [0.1, 0.15) is 0 Å². The van der Waals surface area contributed by atoms with Crippen molar-refractivity contribution in [1.82, 2.24) is 15.1 Å². The van der Waals surface area contributed by atoms with Gasteiger partial charge < -0.3 is 9.47 Å². The minimum atomic E-state index is 0.702. The molecule has 5 heteroatoms. The number of H-pyrrole nitrogens is 1. The van der Waals surface area contributed by atoms with E-state index in [0.717, 1.165) is 44.0 Å². The number of nitrogens with one attached hydrogen (secondary N) is 1. The highest BCUT2D eigenvalue weighted by Gasteiger charge is 2.19. The summed E-state index contributed by atoms with van der Waals surface area (Å²) in [6.07, 6.45) is 2.04. The van der Waals surface area contributed by atoms with Crippen LogP contribution in [0.25, 0.3) is 0 Å². The first-order valence-electron chi connectivity index (χ1n) is 7.79. The van der Waals surface area contributed by atoms with Gasteiger partial charge in [0.2, 0.25) is 0 Å². The molecular formula is C17H23N3O2. The van der Waals surface area contributed by atoms with E-state index >= 15 is 0 Å². The zero-order valence-corrected chi connectivity index (χ0v) is 13.3. The Hall–Kier alpha value is -2.01. The third-order valence-corrected chi connectivity index (χ3v) is 4.15. The molecule has 1 aromatic heterocycles. The molecule has 0 fully saturated rings. The summed E-state index contributed by atoms with van der Waals surface area (Å²) in [5, 5.41) is 7.44. The molecule has 0 bridgehead atoms. The van der Waals surface area contributed by atoms with E-state index in [1.165, 1.54) is 17.0 Å². The van der Waals surface area contributed by atoms with Crippen molar-refractivity contribution in [1.29, 1.82) is 0 Å². The molecule has 0 spiro atoms. The van der Waals surface area contributed by atoms with Crippen LogP contribution in [0.15, 0.2) is 24.3 Å². The molecule has 1 aromatic carbocycles. The maximum absolute atomic E-state index is 5.83. The van der Waals surface area contributed by atoms with Gasteiger partial charge in [0.25, 0.3) is 0 Å². The average Bonchev–Trinajstić information content (AvgIpc) is 2.93. The molecule has 0 radical (unpaired) electrons. The molecule has 5 nitrogen and oxygen atoms in total. The van der Waals surface area contributed by atoms with E-state index in [1.807, 2.05) is 24.3 Å². The van der Waals surface area contributed by atoms with Crippen LogP contribution in [0, 0.1) is 6.92 Å². The molecule has 1 N–H and O–H groups in total. The van der Waals surface area contributed by atoms with Crippen LogP contribution in [-0.4, -0.2) is 41.9 Å². The lowest BCUT2D eigenvalue weighted by molar-refractivity contribution is 0.217. The maximum Gasteiger partial charge on any atom is 0.161 e. The molecule has 1 aliphatic heterocycles. The highest BCUT2D eigenvalue weighted by Crippen LogP contribution is 2.26. The van der Waals surface area contributed by atoms with Crippen LogP contribution in [0.3, 0.4) is 0 Å². The highest BCUT2D eigenvalue weighted by atomic mass is 16.5. The van der Waals surface area contributed by atoms with Gasteiger partial charge in [0.05, 0.1) is 19.4 Å². The molecule has 0 atom stereocenters. The Morgan fingerprint density at radius 3 is 2.91 bits per heavy atom. The fourth-order valence-corrected chi connectivity index (χ4v) is 2.89. The molecule has 0 saturated carbocycles. The number of rotatable bonds is 6. The molecule has 3 rings (SSSR count). The number of hydrogen-bond acceptors (Lipinski definition) is 4. The second kappa shape index (κ2) is 6.83. The van der Waals surface area contributed by atoms with E-state index in [4.69, 9.17) is 9.47 Å². The van der Waals surface area contributed by atoms with Crippen molar-refractivity contribution >= 4 is 0 Å². The monoisotopic (exact) mass is 301 g/mol. The number of hydrogen-bond donors (Lipinski definition) is 1. The second-order valence-electron chi connectivity index (χ2n) is 5.65. The van der Waals surface area contributed by atoms with Crippen molar-refractivity contribution in [2.24, 2.45) is 0 Å². The smallest absolute Gasteiger partial charge is 0.161 e. The summed E-state index contributed by atoms with van der Waals surface area (Å²) in [5.41, 5.74) is 3.81. The van der Waals surface area contributed by atoms with Crippen LogP contribution in [0.2, 0.25) is 0 Å². The van der Waals surface area contributed by atoms with Crippen molar-refractivity contribution in [3.8, 4) is 11.5 Å². The molecule has 118 valence electrons. The molecule has 0 aliphatic carbocycles. The zero-order chi connectivity index (χ0) is 15.4. The van der Waals surface area contributed by atoms with Crippen LogP contribution in [-0.2, 0) is 13.0 Å². The van der Waals surface area contributed by atoms with E-state index in [0.29, 0.717) is 6.61 Å². The third-order valence-electron chi connectivity index (χ3n) is 4.15. The number of nitrogens with zero attached hydrogens (tertiary/aromatic N) is 2. The van der Waals surface area contributed by atoms with Crippen LogP contribution < -0.4 is 9.47 Å². The number of aromatic nitrogens is 2. The Kier molecular flexibility index (Phi) is 4.63. The fourth-order valence-electron chi connectivity index (χ4n) is 2.89. The van der Waals surface area contributed by atoms with Gasteiger partial charge >= 0.3 is 0 Å². The Morgan fingerprint density at radius 2 is 2.09 bits per heavy atom. The van der Waals surface area contributed by atoms with E-state index < -0.39 is 0 Å². The van der Waals surface area contributed by atoms with Crippen LogP contribution in [0.5, 0.6) is 11.5 Å². The predicted octanol–water partition coefficient (Wildman–Crippen LogP) is 2.55. The van der Waals surface area contributed by atoms with Gasteiger partial charge in [-0.05, 0) is 25.5 Å². The Bertz CT molecular complexity index is 624. The summed E-state index contributed by atoms with van der Waals surface area (Å²) in [4.78, 5) is 2.47. The fraction of sp³-hybridized carbons (Fsp3) is 0.471. The SMILES string of the molecule is COc1ccccc1OCCCN1CCc2n[nH]c(C)c2C1. The number of methoxy groups -OCH3 is 1. The maximum atomic E-state index is 5.83. The first-order chi connectivity index (χ1) is 10.8. The second-order valence-corrected chi connectivity index (χ2v) is 5.65. The van der Waals surface area contributed by atoms with E-state index in [1.54, 1.807) is 7.11 Å². The first-order valence-corrected chi connectivity index (χ1v) is 7.79. The molecule has 2 aromatic rings. The minimum absolute atomic E-state index is 0.702. The number of fused-ring (bicyclic) bond motifs is 1. The van der Waals surface area contributed by atoms with Crippen molar-refractivity contribution in [3.05, 3.63) is 41.2 Å². The van der Waals surface area contributed by atoms with Gasteiger partial charge in [0, 0.05) is 37.3 Å². The highest BCUT2D eigenvalue weighted by molar-refractivity contribution is 5.39. The summed E-state index contributed by atoms with van der Waals surface area (Å²) in [6.45, 7) is 5.91. The third kappa shape index (κ3) is 3.25. The zero-order valence-electron chi connectivity index (χ0n) is 13.3. The summed E-state index contributed by atoms with van der Waals surface area (Å²) < 4.78 is 11.1. The topological polar surface area (TPSA) is 50.4 Å². The molecule has 0 saturated heterocycles. The number of ether oxygens (including phenoxy) is 2. The van der Waals surface area contributed by atoms with Crippen molar-refractivity contribution < 1.29 is 9.47 Å². The number of para-hydroxylation sites is 2. The quantitative estimate of drug-likeness (QED) is 0.833. The van der Waals surface area contributed by atoms with Gasteiger partial charge in [0.15, 0.2) is 11.5 Å². The van der Waals surface area contributed by atoms with Gasteiger partial charge in [-0.25, -0.2) is 0 Å². The summed E-state index contributed by atoms with van der Waals surface area (Å²) >= 11 is 0. The van der Waals surface area contributed by atoms with Gasteiger partial charge in [-0.3, -0.25) is 10.00 Å². The molecular weight excluding hydrogens is 278 g/mol. The largest absolute Gasteiger partial charge is 0.493 e. The van der Waals surface area contributed by atoms with E-state index in [9.17, 15) is 0 Å². The standard InChI is InChI=1S/C17H23N3O2/c1-13-14-12-20(10-8-15(14)19-18-13)9-5-11-22-17-7-4-3-6-16(17)21-2/h3-4,6-7H,5,8-12H2,1-2H3,(H,18,19). The molecule has 1 aliphatic rings. The lowest BCUT2D eigenvalue weighted by atomic mass is 10.1. The van der Waals surface area contributed by atoms with Crippen LogP contribution in [0.4, 0.5) is 0 Å². The van der Waals surface area contributed by atoms with Gasteiger partial charge in [-0.15, -0.1) is 0 Å². The Morgan fingerprint density at radius 1 is 1.27 bits per heavy atom. The summed E-state index contributed by atoms with van der Waals surface area (Å²) in [5.74, 6) is 1.61. The van der Waals surface area contributed by atoms with E-state index in [-0.39, 0.29) is 0 Å². The Labute approximate surface area is 131 Å². The summed E-state index contributed by atoms with van der Waals surface area (Å²) in [7, 11) is 1.67. The number of aryl methyl sites for hydroxylation is 1. The lowest BCUT2D eigenvalue weighted by Gasteiger charge is -2.26. The molecule has 2 heterocycles. The molecule has 0 unspecified atom stereocenters. The van der Waals surface area contributed by atoms with Gasteiger partial charge in [-0.1, -0.05) is 12.1 Å². The van der Waals surface area contributed by atoms with E-state index in [2.05, 4.69) is 22.0 Å². The van der Waals surface area contributed by atoms with Crippen molar-refractivity contribution in [3.63, 3.8) is 0 Å². The van der Waals surface area contributed by atoms with Gasteiger partial charge in [-0.2, -0.15) is 5.10 Å². The van der Waals surface area contributed by atoms with Crippen molar-refractivity contribution in [2.45, 2.75) is 26.3 Å². The summed E-state index contributed by atoms with van der Waals surface area (Å²) in [6, 6.07) is 7.78. The Balaban J connectivity index is 1.45. The number of benzene rings is 1. The van der Waals surface area contributed by atoms with Crippen LogP contribution >= 0.6 is 0 Å². The predicted molar refractivity (Wildman–Crippen MR) is 85.4 cm³/mol. The lowest BCUT2D eigenvalue weighted by Crippen LogP contribution is -2.32. The molecule has 0 amide bonds. The first kappa shape index (κ1) is 14.9. The normalized spacial score (nSPS) is 14.6.